The standard InChI is InChI=1S/C20H14F5N5O2S/c1-2-33(31,32)15-8-12(18-26-5-3-6-27-18)10-28-17(15)14-11-30-7-4-13(9-16(30)29-14)19(21,22)20(23,24)25/h3-11H,2H2,1H3. The lowest BCUT2D eigenvalue weighted by atomic mass is 10.1. The van der Waals surface area contributed by atoms with Crippen LogP contribution in [0.5, 0.6) is 0 Å². The molecule has 0 bridgehead atoms. The van der Waals surface area contributed by atoms with Crippen molar-refractivity contribution in [3.63, 3.8) is 0 Å². The van der Waals surface area contributed by atoms with Crippen LogP contribution in [0.2, 0.25) is 0 Å². The summed E-state index contributed by atoms with van der Waals surface area (Å²) in [7, 11) is -3.83. The summed E-state index contributed by atoms with van der Waals surface area (Å²) < 4.78 is 92.3. The van der Waals surface area contributed by atoms with Crippen LogP contribution in [0.4, 0.5) is 22.0 Å². The Kier molecular flexibility index (Phi) is 5.39. The number of alkyl halides is 5. The molecule has 0 amide bonds. The molecule has 33 heavy (non-hydrogen) atoms. The number of nitrogens with zero attached hydrogens (tertiary/aromatic N) is 5. The van der Waals surface area contributed by atoms with Crippen LogP contribution in [-0.2, 0) is 15.8 Å². The lowest BCUT2D eigenvalue weighted by molar-refractivity contribution is -0.289. The van der Waals surface area contributed by atoms with Gasteiger partial charge in [0.15, 0.2) is 15.7 Å². The largest absolute Gasteiger partial charge is 0.458 e. The lowest BCUT2D eigenvalue weighted by Gasteiger charge is -2.19. The molecule has 0 radical (unpaired) electrons. The van der Waals surface area contributed by atoms with Gasteiger partial charge in [-0.2, -0.15) is 22.0 Å². The van der Waals surface area contributed by atoms with Gasteiger partial charge in [0.25, 0.3) is 0 Å². The van der Waals surface area contributed by atoms with Crippen molar-refractivity contribution in [2.45, 2.75) is 23.9 Å². The van der Waals surface area contributed by atoms with Gasteiger partial charge in [0.1, 0.15) is 17.0 Å². The summed E-state index contributed by atoms with van der Waals surface area (Å²) in [5, 5.41) is 0. The molecular formula is C20H14F5N5O2S. The molecule has 13 heteroatoms. The Hall–Kier alpha value is -3.48. The van der Waals surface area contributed by atoms with Crippen LogP contribution in [0.1, 0.15) is 12.5 Å². The number of pyridine rings is 2. The van der Waals surface area contributed by atoms with Crippen molar-refractivity contribution >= 4 is 15.5 Å². The molecule has 0 saturated heterocycles. The molecule has 4 aromatic rings. The van der Waals surface area contributed by atoms with Crippen molar-refractivity contribution in [1.29, 1.82) is 0 Å². The second-order valence-electron chi connectivity index (χ2n) is 6.93. The minimum absolute atomic E-state index is 0.0185. The molecule has 0 aromatic carbocycles. The predicted octanol–water partition coefficient (Wildman–Crippen LogP) is 4.30. The van der Waals surface area contributed by atoms with E-state index in [1.54, 1.807) is 6.07 Å². The first-order chi connectivity index (χ1) is 15.4. The molecule has 0 N–H and O–H groups in total. The summed E-state index contributed by atoms with van der Waals surface area (Å²) in [5.74, 6) is -5.11. The first-order valence-corrected chi connectivity index (χ1v) is 11.0. The van der Waals surface area contributed by atoms with Crippen LogP contribution < -0.4 is 0 Å². The Bertz CT molecular complexity index is 1440. The monoisotopic (exact) mass is 483 g/mol. The summed E-state index contributed by atoms with van der Waals surface area (Å²) in [6.45, 7) is 1.43. The number of imidazole rings is 1. The number of halogens is 5. The highest BCUT2D eigenvalue weighted by molar-refractivity contribution is 7.91. The van der Waals surface area contributed by atoms with E-state index >= 15 is 0 Å². The van der Waals surface area contributed by atoms with E-state index < -0.39 is 27.5 Å². The highest BCUT2D eigenvalue weighted by Gasteiger charge is 2.58. The Labute approximate surface area is 183 Å². The third kappa shape index (κ3) is 4.03. The van der Waals surface area contributed by atoms with Crippen LogP contribution >= 0.6 is 0 Å². The molecule has 0 saturated carbocycles. The molecule has 0 aliphatic carbocycles. The maximum absolute atomic E-state index is 13.7. The van der Waals surface area contributed by atoms with Gasteiger partial charge in [0, 0.05) is 42.1 Å². The highest BCUT2D eigenvalue weighted by Crippen LogP contribution is 2.44. The fourth-order valence-electron chi connectivity index (χ4n) is 3.05. The summed E-state index contributed by atoms with van der Waals surface area (Å²) in [4.78, 5) is 16.2. The molecule has 4 rings (SSSR count). The third-order valence-corrected chi connectivity index (χ3v) is 6.55. The first kappa shape index (κ1) is 22.7. The van der Waals surface area contributed by atoms with E-state index in [-0.39, 0.29) is 33.5 Å². The van der Waals surface area contributed by atoms with Gasteiger partial charge in [0.05, 0.1) is 10.6 Å². The number of hydrogen-bond donors (Lipinski definition) is 0. The van der Waals surface area contributed by atoms with E-state index in [4.69, 9.17) is 0 Å². The van der Waals surface area contributed by atoms with Gasteiger partial charge in [-0.05, 0) is 24.3 Å². The molecule has 0 fully saturated rings. The Morgan fingerprint density at radius 2 is 1.73 bits per heavy atom. The fourth-order valence-corrected chi connectivity index (χ4v) is 4.12. The lowest BCUT2D eigenvalue weighted by Crippen LogP contribution is -2.33. The topological polar surface area (TPSA) is 90.1 Å². The molecule has 0 unspecified atom stereocenters. The van der Waals surface area contributed by atoms with Crippen LogP contribution in [-0.4, -0.2) is 44.7 Å². The minimum atomic E-state index is -5.78. The second kappa shape index (κ2) is 7.83. The number of rotatable bonds is 5. The van der Waals surface area contributed by atoms with E-state index in [1.807, 2.05) is 0 Å². The summed E-state index contributed by atoms with van der Waals surface area (Å²) in [5.41, 5.74) is -1.30. The first-order valence-electron chi connectivity index (χ1n) is 9.38. The number of hydrogen-bond acceptors (Lipinski definition) is 6. The van der Waals surface area contributed by atoms with Crippen molar-refractivity contribution in [2.24, 2.45) is 0 Å². The van der Waals surface area contributed by atoms with Crippen LogP contribution in [0.15, 0.2) is 60.1 Å². The van der Waals surface area contributed by atoms with Gasteiger partial charge < -0.3 is 4.40 Å². The van der Waals surface area contributed by atoms with Gasteiger partial charge in [-0.25, -0.2) is 23.4 Å². The smallest absolute Gasteiger partial charge is 0.306 e. The van der Waals surface area contributed by atoms with Crippen LogP contribution in [0, 0.1) is 0 Å². The number of aromatic nitrogens is 5. The van der Waals surface area contributed by atoms with Gasteiger partial charge in [-0.15, -0.1) is 0 Å². The molecule has 0 atom stereocenters. The highest BCUT2D eigenvalue weighted by atomic mass is 32.2. The van der Waals surface area contributed by atoms with Crippen molar-refractivity contribution < 1.29 is 30.4 Å². The zero-order chi connectivity index (χ0) is 24.0. The van der Waals surface area contributed by atoms with E-state index in [0.717, 1.165) is 6.20 Å². The Morgan fingerprint density at radius 1 is 1.03 bits per heavy atom. The average molecular weight is 483 g/mol. The average Bonchev–Trinajstić information content (AvgIpc) is 3.22. The van der Waals surface area contributed by atoms with Crippen molar-refractivity contribution in [1.82, 2.24) is 24.3 Å². The van der Waals surface area contributed by atoms with Crippen LogP contribution in [0.3, 0.4) is 0 Å². The van der Waals surface area contributed by atoms with E-state index in [2.05, 4.69) is 19.9 Å². The second-order valence-corrected chi connectivity index (χ2v) is 9.17. The molecule has 4 aromatic heterocycles. The van der Waals surface area contributed by atoms with Crippen molar-refractivity contribution in [3.8, 4) is 22.8 Å². The SMILES string of the molecule is CCS(=O)(=O)c1cc(-c2ncccn2)cnc1-c1cn2ccc(C(F)(F)C(F)(F)F)cc2n1. The number of fused-ring (bicyclic) bond motifs is 1. The maximum Gasteiger partial charge on any atom is 0.458 e. The number of sulfone groups is 1. The van der Waals surface area contributed by atoms with E-state index in [9.17, 15) is 30.4 Å². The van der Waals surface area contributed by atoms with Gasteiger partial charge >= 0.3 is 12.1 Å². The quantitative estimate of drug-likeness (QED) is 0.393. The zero-order valence-electron chi connectivity index (χ0n) is 16.8. The zero-order valence-corrected chi connectivity index (χ0v) is 17.6. The molecule has 0 aliphatic rings. The van der Waals surface area contributed by atoms with Crippen LogP contribution in [0.25, 0.3) is 28.4 Å². The molecule has 0 spiro atoms. The van der Waals surface area contributed by atoms with E-state index in [1.165, 1.54) is 42.2 Å². The summed E-state index contributed by atoms with van der Waals surface area (Å²) >= 11 is 0. The Morgan fingerprint density at radius 3 is 2.36 bits per heavy atom. The van der Waals surface area contributed by atoms with Gasteiger partial charge in [-0.3, -0.25) is 4.98 Å². The minimum Gasteiger partial charge on any atom is -0.306 e. The summed E-state index contributed by atoms with van der Waals surface area (Å²) in [6, 6.07) is 4.13. The predicted molar refractivity (Wildman–Crippen MR) is 107 cm³/mol. The molecule has 4 heterocycles. The molecule has 172 valence electrons. The van der Waals surface area contributed by atoms with Gasteiger partial charge in [-0.1, -0.05) is 6.92 Å². The van der Waals surface area contributed by atoms with E-state index in [0.29, 0.717) is 17.7 Å². The van der Waals surface area contributed by atoms with Crippen molar-refractivity contribution in [3.05, 3.63) is 60.8 Å². The fraction of sp³-hybridized carbons (Fsp3) is 0.200. The normalized spacial score (nSPS) is 12.9. The van der Waals surface area contributed by atoms with Crippen molar-refractivity contribution in [2.75, 3.05) is 5.75 Å². The Balaban J connectivity index is 1.87. The molecule has 0 aliphatic heterocycles. The maximum atomic E-state index is 13.7. The summed E-state index contributed by atoms with van der Waals surface area (Å²) in [6.07, 6.45) is 0.773. The third-order valence-electron chi connectivity index (χ3n) is 4.81. The molecule has 7 nitrogen and oxygen atoms in total. The van der Waals surface area contributed by atoms with Gasteiger partial charge in [0.2, 0.25) is 0 Å². The molecular weight excluding hydrogens is 469 g/mol.